The molecule has 1 amide bonds. The molecule has 3 rings (SSSR count). The number of ether oxygens (including phenoxy) is 1. The normalized spacial score (nSPS) is 30.6. The van der Waals surface area contributed by atoms with Crippen LogP contribution in [0.1, 0.15) is 44.0 Å². The molecule has 7 heteroatoms. The minimum atomic E-state index is -0.474. The minimum Gasteiger partial charge on any atom is -0.444 e. The number of nitrogens with two attached hydrogens (primary N) is 1. The van der Waals surface area contributed by atoms with Crippen LogP contribution >= 0.6 is 0 Å². The third-order valence-electron chi connectivity index (χ3n) is 3.41. The van der Waals surface area contributed by atoms with Gasteiger partial charge in [0.25, 0.3) is 0 Å². The molecule has 0 unspecified atom stereocenters. The predicted octanol–water partition coefficient (Wildman–Crippen LogP) is 0.577. The Morgan fingerprint density at radius 1 is 1.47 bits per heavy atom. The van der Waals surface area contributed by atoms with Gasteiger partial charge in [0.15, 0.2) is 0 Å². The lowest BCUT2D eigenvalue weighted by molar-refractivity contribution is 0.136. The Kier molecular flexibility index (Phi) is 2.12. The van der Waals surface area contributed by atoms with E-state index in [-0.39, 0.29) is 12.1 Å². The van der Waals surface area contributed by atoms with Crippen molar-refractivity contribution in [3.05, 3.63) is 11.8 Å². The molecule has 1 aromatic heterocycles. The maximum Gasteiger partial charge on any atom is 0.408 e. The van der Waals surface area contributed by atoms with Gasteiger partial charge in [-0.1, -0.05) is 0 Å². The molecule has 2 atom stereocenters. The number of aromatic nitrogens is 2. The van der Waals surface area contributed by atoms with Gasteiger partial charge in [-0.2, -0.15) is 0 Å². The second-order valence-corrected chi connectivity index (χ2v) is 4.69. The maximum absolute atomic E-state index is 11.1. The molecule has 2 aliphatic rings. The van der Waals surface area contributed by atoms with E-state index in [0.717, 1.165) is 19.3 Å². The fraction of sp³-hybridized carbons (Fsp3) is 0.700. The molecule has 2 heterocycles. The first-order chi connectivity index (χ1) is 8.08. The molecule has 1 saturated heterocycles. The number of cyclic esters (lactones) is 1. The molecule has 7 nitrogen and oxygen atoms in total. The number of nitrogens with one attached hydrogen (secondary N) is 1. The van der Waals surface area contributed by atoms with Gasteiger partial charge in [0.2, 0.25) is 11.8 Å². The molecule has 0 aromatic carbocycles. The van der Waals surface area contributed by atoms with Crippen LogP contribution in [0.3, 0.4) is 0 Å². The van der Waals surface area contributed by atoms with Crippen molar-refractivity contribution in [3.8, 4) is 0 Å². The summed E-state index contributed by atoms with van der Waals surface area (Å²) in [6, 6.07) is -0.382. The summed E-state index contributed by atoms with van der Waals surface area (Å²) in [4.78, 5) is 11.1. The third kappa shape index (κ3) is 1.57. The van der Waals surface area contributed by atoms with Gasteiger partial charge in [-0.15, -0.1) is 10.2 Å². The number of nitrogens with zero attached hydrogens (tertiary/aromatic N) is 2. The zero-order valence-electron chi connectivity index (χ0n) is 9.47. The number of carbonyl (C=O) groups excluding carboxylic acids is 1. The number of hydrogen-bond donors (Lipinski definition) is 2. The fourth-order valence-corrected chi connectivity index (χ4v) is 2.11. The van der Waals surface area contributed by atoms with Crippen molar-refractivity contribution in [3.63, 3.8) is 0 Å². The Morgan fingerprint density at radius 2 is 2.24 bits per heavy atom. The average molecular weight is 238 g/mol. The van der Waals surface area contributed by atoms with Crippen LogP contribution < -0.4 is 11.1 Å². The van der Waals surface area contributed by atoms with Crippen LogP contribution in [-0.2, 0) is 10.3 Å². The second kappa shape index (κ2) is 3.43. The zero-order valence-corrected chi connectivity index (χ0v) is 9.47. The van der Waals surface area contributed by atoms with Gasteiger partial charge in [-0.25, -0.2) is 4.79 Å². The molecule has 1 aromatic rings. The van der Waals surface area contributed by atoms with Crippen molar-refractivity contribution < 1.29 is 13.9 Å². The monoisotopic (exact) mass is 238 g/mol. The van der Waals surface area contributed by atoms with Gasteiger partial charge in [0.1, 0.15) is 12.1 Å². The van der Waals surface area contributed by atoms with E-state index in [0.29, 0.717) is 11.8 Å². The zero-order chi connectivity index (χ0) is 12.0. The molecule has 0 spiro atoms. The molecule has 1 aliphatic carbocycles. The molecule has 92 valence electrons. The van der Waals surface area contributed by atoms with E-state index < -0.39 is 11.6 Å². The summed E-state index contributed by atoms with van der Waals surface area (Å²) in [5, 5.41) is 10.5. The minimum absolute atomic E-state index is 0.314. The van der Waals surface area contributed by atoms with E-state index >= 15 is 0 Å². The lowest BCUT2D eigenvalue weighted by atomic mass is 9.78. The van der Waals surface area contributed by atoms with E-state index in [1.165, 1.54) is 0 Å². The van der Waals surface area contributed by atoms with E-state index in [1.54, 1.807) is 6.92 Å². The molecular weight excluding hydrogens is 224 g/mol. The smallest absolute Gasteiger partial charge is 0.408 e. The number of alkyl carbamates (subject to hydrolysis) is 1. The van der Waals surface area contributed by atoms with Crippen LogP contribution in [0.5, 0.6) is 0 Å². The van der Waals surface area contributed by atoms with Crippen LogP contribution in [0, 0.1) is 0 Å². The lowest BCUT2D eigenvalue weighted by Gasteiger charge is -2.34. The molecule has 3 N–H and O–H groups in total. The summed E-state index contributed by atoms with van der Waals surface area (Å²) in [5.74, 6) is 0.808. The molecule has 0 radical (unpaired) electrons. The van der Waals surface area contributed by atoms with Crippen molar-refractivity contribution >= 4 is 6.09 Å². The van der Waals surface area contributed by atoms with Crippen LogP contribution in [0.15, 0.2) is 4.42 Å². The number of carbonyl (C=O) groups is 1. The number of hydrogen-bond acceptors (Lipinski definition) is 6. The van der Waals surface area contributed by atoms with Crippen LogP contribution in [0.2, 0.25) is 0 Å². The summed E-state index contributed by atoms with van der Waals surface area (Å²) in [6.07, 6.45) is 2.02. The predicted molar refractivity (Wildman–Crippen MR) is 55.8 cm³/mol. The van der Waals surface area contributed by atoms with E-state index in [9.17, 15) is 4.79 Å². The van der Waals surface area contributed by atoms with Gasteiger partial charge in [-0.3, -0.25) is 0 Å². The van der Waals surface area contributed by atoms with Gasteiger partial charge in [-0.05, 0) is 26.2 Å². The molecule has 0 bridgehead atoms. The lowest BCUT2D eigenvalue weighted by Crippen LogP contribution is -2.43. The topological polar surface area (TPSA) is 103 Å². The van der Waals surface area contributed by atoms with Crippen LogP contribution in [-0.4, -0.2) is 22.4 Å². The van der Waals surface area contributed by atoms with Crippen molar-refractivity contribution in [2.24, 2.45) is 5.73 Å². The van der Waals surface area contributed by atoms with E-state index in [2.05, 4.69) is 15.5 Å². The van der Waals surface area contributed by atoms with Crippen molar-refractivity contribution in [1.82, 2.24) is 15.5 Å². The van der Waals surface area contributed by atoms with Crippen molar-refractivity contribution in [2.75, 3.05) is 0 Å². The number of amides is 1. The van der Waals surface area contributed by atoms with Gasteiger partial charge in [0, 0.05) is 0 Å². The molecule has 17 heavy (non-hydrogen) atoms. The van der Waals surface area contributed by atoms with E-state index in [4.69, 9.17) is 14.9 Å². The van der Waals surface area contributed by atoms with Gasteiger partial charge in [0.05, 0.1) is 5.54 Å². The molecule has 2 fully saturated rings. The summed E-state index contributed by atoms with van der Waals surface area (Å²) in [7, 11) is 0. The van der Waals surface area contributed by atoms with Gasteiger partial charge < -0.3 is 20.2 Å². The standard InChI is InChI=1S/C10H14N4O3/c1-5-6(12-9(15)16-5)7-13-14-8(17-7)10(11)3-2-4-10/h5-6H,2-4,11H2,1H3,(H,12,15)/t5-,6+/m1/s1. The summed E-state index contributed by atoms with van der Waals surface area (Å²) in [6.45, 7) is 1.77. The van der Waals surface area contributed by atoms with Crippen molar-refractivity contribution in [1.29, 1.82) is 0 Å². The van der Waals surface area contributed by atoms with Gasteiger partial charge >= 0.3 is 6.09 Å². The molecule has 1 aliphatic heterocycles. The first-order valence-electron chi connectivity index (χ1n) is 5.68. The fourth-order valence-electron chi connectivity index (χ4n) is 2.11. The SMILES string of the molecule is C[C@H]1OC(=O)N[C@@H]1c1nnc(C2(N)CCC2)o1. The highest BCUT2D eigenvalue weighted by atomic mass is 16.6. The Morgan fingerprint density at radius 3 is 2.76 bits per heavy atom. The largest absolute Gasteiger partial charge is 0.444 e. The van der Waals surface area contributed by atoms with Crippen LogP contribution in [0.25, 0.3) is 0 Å². The summed E-state index contributed by atoms with van der Waals surface area (Å²) in [5.41, 5.74) is 5.61. The number of rotatable bonds is 2. The maximum atomic E-state index is 11.1. The second-order valence-electron chi connectivity index (χ2n) is 4.69. The third-order valence-corrected chi connectivity index (χ3v) is 3.41. The van der Waals surface area contributed by atoms with E-state index in [1.807, 2.05) is 0 Å². The highest BCUT2D eigenvalue weighted by Gasteiger charge is 2.42. The molecule has 1 saturated carbocycles. The Labute approximate surface area is 97.7 Å². The Bertz CT molecular complexity index is 454. The summed E-state index contributed by atoms with van der Waals surface area (Å²) >= 11 is 0. The van der Waals surface area contributed by atoms with Crippen LogP contribution in [0.4, 0.5) is 4.79 Å². The highest BCUT2D eigenvalue weighted by Crippen LogP contribution is 2.38. The summed E-state index contributed by atoms with van der Waals surface area (Å²) < 4.78 is 10.5. The first-order valence-corrected chi connectivity index (χ1v) is 5.68. The Hall–Kier alpha value is -1.63. The quantitative estimate of drug-likeness (QED) is 0.781. The Balaban J connectivity index is 1.83. The van der Waals surface area contributed by atoms with Crippen molar-refractivity contribution in [2.45, 2.75) is 43.9 Å². The highest BCUT2D eigenvalue weighted by molar-refractivity contribution is 5.70. The molecular formula is C10H14N4O3. The first kappa shape index (κ1) is 10.5. The average Bonchev–Trinajstić information content (AvgIpc) is 2.81.